The van der Waals surface area contributed by atoms with Crippen molar-refractivity contribution in [2.24, 2.45) is 0 Å². The van der Waals surface area contributed by atoms with Crippen LogP contribution in [0.1, 0.15) is 23.7 Å². The SMILES string of the molecule is CCC(CO)NC(=O)c1cnccc1N1CCOc2cnc(-c3cc(Cl)ccc3F)cc21. The van der Waals surface area contributed by atoms with E-state index in [2.05, 4.69) is 15.3 Å². The van der Waals surface area contributed by atoms with Gasteiger partial charge in [-0.1, -0.05) is 18.5 Å². The van der Waals surface area contributed by atoms with Gasteiger partial charge in [0.25, 0.3) is 5.91 Å². The normalized spacial score (nSPS) is 13.8. The maximum absolute atomic E-state index is 14.4. The van der Waals surface area contributed by atoms with Crippen molar-refractivity contribution in [1.82, 2.24) is 15.3 Å². The Balaban J connectivity index is 1.75. The Hall–Kier alpha value is -3.23. The van der Waals surface area contributed by atoms with Gasteiger partial charge in [-0.3, -0.25) is 14.8 Å². The van der Waals surface area contributed by atoms with Gasteiger partial charge in [-0.15, -0.1) is 0 Å². The van der Waals surface area contributed by atoms with Crippen molar-refractivity contribution in [2.75, 3.05) is 24.7 Å². The first-order valence-electron chi connectivity index (χ1n) is 10.2. The van der Waals surface area contributed by atoms with E-state index in [4.69, 9.17) is 16.3 Å². The quantitative estimate of drug-likeness (QED) is 0.583. The monoisotopic (exact) mass is 456 g/mol. The van der Waals surface area contributed by atoms with Gasteiger partial charge in [-0.25, -0.2) is 4.39 Å². The minimum atomic E-state index is -0.441. The van der Waals surface area contributed by atoms with Crippen LogP contribution >= 0.6 is 11.6 Å². The number of hydrogen-bond acceptors (Lipinski definition) is 6. The molecule has 1 atom stereocenters. The smallest absolute Gasteiger partial charge is 0.255 e. The highest BCUT2D eigenvalue weighted by Crippen LogP contribution is 2.40. The molecule has 0 aliphatic carbocycles. The van der Waals surface area contributed by atoms with Gasteiger partial charge in [0.1, 0.15) is 12.4 Å². The molecule has 0 bridgehead atoms. The number of benzene rings is 1. The van der Waals surface area contributed by atoms with Gasteiger partial charge in [0.2, 0.25) is 0 Å². The van der Waals surface area contributed by atoms with Crippen LogP contribution in [-0.2, 0) is 0 Å². The van der Waals surface area contributed by atoms with E-state index in [0.29, 0.717) is 53.0 Å². The Bertz CT molecular complexity index is 1140. The number of aliphatic hydroxyl groups is 1. The Morgan fingerprint density at radius 1 is 1.31 bits per heavy atom. The zero-order chi connectivity index (χ0) is 22.7. The van der Waals surface area contributed by atoms with E-state index >= 15 is 0 Å². The average molecular weight is 457 g/mol. The van der Waals surface area contributed by atoms with Crippen molar-refractivity contribution in [1.29, 1.82) is 0 Å². The van der Waals surface area contributed by atoms with E-state index in [-0.39, 0.29) is 24.1 Å². The fraction of sp³-hybridized carbons (Fsp3) is 0.261. The van der Waals surface area contributed by atoms with Gasteiger partial charge in [-0.2, -0.15) is 0 Å². The number of aliphatic hydroxyl groups excluding tert-OH is 1. The van der Waals surface area contributed by atoms with Gasteiger partial charge >= 0.3 is 0 Å². The molecule has 3 heterocycles. The lowest BCUT2D eigenvalue weighted by atomic mass is 10.1. The van der Waals surface area contributed by atoms with Crippen LogP contribution in [0.3, 0.4) is 0 Å². The van der Waals surface area contributed by atoms with E-state index in [1.807, 2.05) is 11.8 Å². The van der Waals surface area contributed by atoms with Crippen LogP contribution in [0.5, 0.6) is 5.75 Å². The minimum Gasteiger partial charge on any atom is -0.488 e. The molecule has 2 N–H and O–H groups in total. The number of ether oxygens (including phenoxy) is 1. The molecule has 1 aromatic carbocycles. The highest BCUT2D eigenvalue weighted by Gasteiger charge is 2.26. The first kappa shape index (κ1) is 22.0. The van der Waals surface area contributed by atoms with Gasteiger partial charge in [0, 0.05) is 23.0 Å². The van der Waals surface area contributed by atoms with Gasteiger partial charge in [0.05, 0.1) is 48.0 Å². The van der Waals surface area contributed by atoms with Crippen molar-refractivity contribution in [3.05, 3.63) is 65.3 Å². The molecule has 0 fully saturated rings. The minimum absolute atomic E-state index is 0.154. The third kappa shape index (κ3) is 4.37. The van der Waals surface area contributed by atoms with Crippen LogP contribution in [-0.4, -0.2) is 46.8 Å². The van der Waals surface area contributed by atoms with Gasteiger partial charge < -0.3 is 20.1 Å². The Labute approximate surface area is 189 Å². The van der Waals surface area contributed by atoms with Crippen LogP contribution in [0, 0.1) is 5.82 Å². The molecular formula is C23H22ClFN4O3. The fourth-order valence-corrected chi connectivity index (χ4v) is 3.72. The van der Waals surface area contributed by atoms with E-state index < -0.39 is 5.82 Å². The number of anilines is 2. The van der Waals surface area contributed by atoms with E-state index in [9.17, 15) is 14.3 Å². The largest absolute Gasteiger partial charge is 0.488 e. The van der Waals surface area contributed by atoms with Gasteiger partial charge in [0.15, 0.2) is 5.75 Å². The number of fused-ring (bicyclic) bond motifs is 1. The molecule has 0 saturated heterocycles. The summed E-state index contributed by atoms with van der Waals surface area (Å²) in [6, 6.07) is 7.40. The maximum atomic E-state index is 14.4. The highest BCUT2D eigenvalue weighted by molar-refractivity contribution is 6.30. The molecule has 7 nitrogen and oxygen atoms in total. The molecule has 3 aromatic rings. The second-order valence-electron chi connectivity index (χ2n) is 7.32. The number of rotatable bonds is 6. The zero-order valence-electron chi connectivity index (χ0n) is 17.4. The Kier molecular flexibility index (Phi) is 6.53. The predicted octanol–water partition coefficient (Wildman–Crippen LogP) is 3.97. The molecular weight excluding hydrogens is 435 g/mol. The van der Waals surface area contributed by atoms with Crippen molar-refractivity contribution in [3.63, 3.8) is 0 Å². The summed E-state index contributed by atoms with van der Waals surface area (Å²) in [5.41, 5.74) is 2.30. The van der Waals surface area contributed by atoms with E-state index in [1.54, 1.807) is 18.3 Å². The second kappa shape index (κ2) is 9.50. The molecule has 32 heavy (non-hydrogen) atoms. The van der Waals surface area contributed by atoms with Crippen LogP contribution in [0.15, 0.2) is 48.9 Å². The zero-order valence-corrected chi connectivity index (χ0v) is 18.1. The van der Waals surface area contributed by atoms with E-state index in [0.717, 1.165) is 0 Å². The lowest BCUT2D eigenvalue weighted by Crippen LogP contribution is -2.38. The van der Waals surface area contributed by atoms with Crippen LogP contribution in [0.4, 0.5) is 15.8 Å². The molecule has 166 valence electrons. The standard InChI is InChI=1S/C23H22ClFN4O3/c1-2-15(13-30)28-23(31)17-11-26-6-5-20(17)29-7-8-32-22-12-27-19(10-21(22)29)16-9-14(24)3-4-18(16)25/h3-6,9-12,15,30H,2,7-8,13H2,1H3,(H,28,31). The summed E-state index contributed by atoms with van der Waals surface area (Å²) in [5.74, 6) is -0.256. The number of pyridine rings is 2. The summed E-state index contributed by atoms with van der Waals surface area (Å²) >= 11 is 6.06. The topological polar surface area (TPSA) is 87.6 Å². The predicted molar refractivity (Wildman–Crippen MR) is 120 cm³/mol. The summed E-state index contributed by atoms with van der Waals surface area (Å²) in [6.07, 6.45) is 5.22. The van der Waals surface area contributed by atoms with Crippen LogP contribution in [0.2, 0.25) is 5.02 Å². The Morgan fingerprint density at radius 2 is 2.16 bits per heavy atom. The lowest BCUT2D eigenvalue weighted by Gasteiger charge is -2.32. The summed E-state index contributed by atoms with van der Waals surface area (Å²) < 4.78 is 20.2. The number of nitrogens with zero attached hydrogens (tertiary/aromatic N) is 3. The second-order valence-corrected chi connectivity index (χ2v) is 7.75. The fourth-order valence-electron chi connectivity index (χ4n) is 3.55. The first-order valence-corrected chi connectivity index (χ1v) is 10.6. The lowest BCUT2D eigenvalue weighted by molar-refractivity contribution is 0.0915. The molecule has 0 radical (unpaired) electrons. The molecule has 4 rings (SSSR count). The molecule has 1 unspecified atom stereocenters. The molecule has 9 heteroatoms. The summed E-state index contributed by atoms with van der Waals surface area (Å²) in [6.45, 7) is 2.58. The third-order valence-corrected chi connectivity index (χ3v) is 5.53. The molecule has 1 amide bonds. The molecule has 0 spiro atoms. The van der Waals surface area contributed by atoms with Gasteiger partial charge in [-0.05, 0) is 36.8 Å². The maximum Gasteiger partial charge on any atom is 0.255 e. The molecule has 1 aliphatic rings. The highest BCUT2D eigenvalue weighted by atomic mass is 35.5. The van der Waals surface area contributed by atoms with Crippen molar-refractivity contribution >= 4 is 28.9 Å². The number of carbonyl (C=O) groups is 1. The van der Waals surface area contributed by atoms with Crippen LogP contribution < -0.4 is 15.0 Å². The number of carbonyl (C=O) groups excluding carboxylic acids is 1. The average Bonchev–Trinajstić information content (AvgIpc) is 2.83. The molecule has 1 aliphatic heterocycles. The van der Waals surface area contributed by atoms with Crippen LogP contribution in [0.25, 0.3) is 11.3 Å². The summed E-state index contributed by atoms with van der Waals surface area (Å²) in [4.78, 5) is 23.3. The number of hydrogen-bond donors (Lipinski definition) is 2. The number of amides is 1. The Morgan fingerprint density at radius 3 is 2.94 bits per heavy atom. The van der Waals surface area contributed by atoms with Crippen molar-refractivity contribution in [3.8, 4) is 17.0 Å². The number of aromatic nitrogens is 2. The molecule has 2 aromatic heterocycles. The first-order chi connectivity index (χ1) is 15.5. The summed E-state index contributed by atoms with van der Waals surface area (Å²) in [5, 5.41) is 12.7. The van der Waals surface area contributed by atoms with Crippen molar-refractivity contribution < 1.29 is 19.0 Å². The van der Waals surface area contributed by atoms with E-state index in [1.165, 1.54) is 30.6 Å². The number of nitrogens with one attached hydrogen (secondary N) is 1. The number of halogens is 2. The van der Waals surface area contributed by atoms with Crippen molar-refractivity contribution in [2.45, 2.75) is 19.4 Å². The molecule has 0 saturated carbocycles. The third-order valence-electron chi connectivity index (χ3n) is 5.30. The summed E-state index contributed by atoms with van der Waals surface area (Å²) in [7, 11) is 0.